The van der Waals surface area contributed by atoms with Gasteiger partial charge in [0.25, 0.3) is 0 Å². The van der Waals surface area contributed by atoms with E-state index in [1.807, 2.05) is 44.6 Å². The number of hydrogen-bond donors (Lipinski definition) is 2. The van der Waals surface area contributed by atoms with Crippen molar-refractivity contribution in [1.82, 2.24) is 14.8 Å². The smallest absolute Gasteiger partial charge is 0.125 e. The molecule has 0 aromatic carbocycles. The molecule has 0 amide bonds. The van der Waals surface area contributed by atoms with Gasteiger partial charge < -0.3 is 5.73 Å². The fourth-order valence-corrected chi connectivity index (χ4v) is 3.21. The SMILES string of the molecule is Cc1cc(Sc2cc(C)nn2C)c(C(=N)N)c(C)n1. The first-order valence-corrected chi connectivity index (χ1v) is 6.71. The van der Waals surface area contributed by atoms with Crippen molar-refractivity contribution in [3.05, 3.63) is 34.8 Å². The van der Waals surface area contributed by atoms with Gasteiger partial charge in [-0.1, -0.05) is 11.8 Å². The van der Waals surface area contributed by atoms with Crippen LogP contribution in [0.3, 0.4) is 0 Å². The zero-order chi connectivity index (χ0) is 14.2. The van der Waals surface area contributed by atoms with Crippen LogP contribution in [-0.2, 0) is 7.05 Å². The van der Waals surface area contributed by atoms with Gasteiger partial charge in [0, 0.05) is 23.3 Å². The summed E-state index contributed by atoms with van der Waals surface area (Å²) in [5, 5.41) is 13.1. The molecular formula is C13H17N5S. The number of hydrogen-bond acceptors (Lipinski definition) is 4. The quantitative estimate of drug-likeness (QED) is 0.664. The number of amidine groups is 1. The molecule has 0 aliphatic carbocycles. The summed E-state index contributed by atoms with van der Waals surface area (Å²) >= 11 is 1.56. The lowest BCUT2D eigenvalue weighted by molar-refractivity contribution is 0.692. The summed E-state index contributed by atoms with van der Waals surface area (Å²) in [4.78, 5) is 5.31. The van der Waals surface area contributed by atoms with Gasteiger partial charge in [-0.3, -0.25) is 15.1 Å². The summed E-state index contributed by atoms with van der Waals surface area (Å²) in [6.07, 6.45) is 0. The van der Waals surface area contributed by atoms with Gasteiger partial charge in [0.2, 0.25) is 0 Å². The van der Waals surface area contributed by atoms with Crippen LogP contribution in [0.5, 0.6) is 0 Å². The van der Waals surface area contributed by atoms with Crippen LogP contribution >= 0.6 is 11.8 Å². The van der Waals surface area contributed by atoms with Gasteiger partial charge in [-0.25, -0.2) is 0 Å². The first kappa shape index (κ1) is 13.6. The minimum atomic E-state index is 0.0476. The molecule has 2 rings (SSSR count). The van der Waals surface area contributed by atoms with E-state index in [0.29, 0.717) is 5.56 Å². The molecule has 2 heterocycles. The summed E-state index contributed by atoms with van der Waals surface area (Å²) < 4.78 is 1.83. The van der Waals surface area contributed by atoms with E-state index in [4.69, 9.17) is 11.1 Å². The highest BCUT2D eigenvalue weighted by molar-refractivity contribution is 7.99. The lowest BCUT2D eigenvalue weighted by Gasteiger charge is -2.11. The highest BCUT2D eigenvalue weighted by Crippen LogP contribution is 2.32. The van der Waals surface area contributed by atoms with Crippen molar-refractivity contribution in [2.45, 2.75) is 30.7 Å². The molecule has 0 radical (unpaired) electrons. The summed E-state index contributed by atoms with van der Waals surface area (Å²) in [6.45, 7) is 5.77. The van der Waals surface area contributed by atoms with Crippen LogP contribution in [0.25, 0.3) is 0 Å². The van der Waals surface area contributed by atoms with Crippen LogP contribution in [0.2, 0.25) is 0 Å². The molecule has 0 aliphatic heterocycles. The second-order valence-electron chi connectivity index (χ2n) is 4.49. The van der Waals surface area contributed by atoms with E-state index >= 15 is 0 Å². The van der Waals surface area contributed by atoms with E-state index in [-0.39, 0.29) is 5.84 Å². The van der Waals surface area contributed by atoms with Gasteiger partial charge in [0.05, 0.1) is 16.3 Å². The Hall–Kier alpha value is -1.82. The number of nitrogens with one attached hydrogen (secondary N) is 1. The molecule has 19 heavy (non-hydrogen) atoms. The molecule has 0 atom stereocenters. The van der Waals surface area contributed by atoms with Gasteiger partial charge in [-0.05, 0) is 32.9 Å². The maximum atomic E-state index is 7.71. The van der Waals surface area contributed by atoms with Crippen molar-refractivity contribution in [2.24, 2.45) is 12.8 Å². The Bertz CT molecular complexity index is 645. The van der Waals surface area contributed by atoms with Crippen molar-refractivity contribution in [2.75, 3.05) is 0 Å². The molecule has 0 spiro atoms. The van der Waals surface area contributed by atoms with Crippen molar-refractivity contribution in [1.29, 1.82) is 5.41 Å². The number of rotatable bonds is 3. The van der Waals surface area contributed by atoms with E-state index in [1.165, 1.54) is 0 Å². The molecule has 2 aromatic rings. The average molecular weight is 275 g/mol. The first-order valence-electron chi connectivity index (χ1n) is 5.89. The second kappa shape index (κ2) is 5.05. The first-order chi connectivity index (χ1) is 8.88. The van der Waals surface area contributed by atoms with Crippen LogP contribution in [-0.4, -0.2) is 20.6 Å². The molecule has 0 bridgehead atoms. The number of pyridine rings is 1. The van der Waals surface area contributed by atoms with Crippen molar-refractivity contribution in [3.63, 3.8) is 0 Å². The highest BCUT2D eigenvalue weighted by atomic mass is 32.2. The van der Waals surface area contributed by atoms with Gasteiger partial charge in [0.15, 0.2) is 0 Å². The molecule has 0 unspecified atom stereocenters. The molecule has 5 nitrogen and oxygen atoms in total. The summed E-state index contributed by atoms with van der Waals surface area (Å²) in [6, 6.07) is 3.97. The Labute approximate surface area is 116 Å². The van der Waals surface area contributed by atoms with Gasteiger partial charge in [0.1, 0.15) is 5.84 Å². The van der Waals surface area contributed by atoms with E-state index in [9.17, 15) is 0 Å². The Morgan fingerprint density at radius 1 is 1.26 bits per heavy atom. The van der Waals surface area contributed by atoms with E-state index < -0.39 is 0 Å². The fourth-order valence-electron chi connectivity index (χ4n) is 2.00. The molecule has 2 aromatic heterocycles. The Kier molecular flexibility index (Phi) is 3.61. The van der Waals surface area contributed by atoms with Crippen molar-refractivity contribution >= 4 is 17.6 Å². The average Bonchev–Trinajstić information content (AvgIpc) is 2.55. The largest absolute Gasteiger partial charge is 0.384 e. The third kappa shape index (κ3) is 2.78. The zero-order valence-electron chi connectivity index (χ0n) is 11.5. The zero-order valence-corrected chi connectivity index (χ0v) is 12.3. The molecule has 0 fully saturated rings. The standard InChI is InChI=1S/C13H17N5S/c1-7-5-10(12(13(14)15)9(3)16-7)19-11-6-8(2)17-18(11)4/h5-6H,1-4H3,(H3,14,15). The Morgan fingerprint density at radius 3 is 2.47 bits per heavy atom. The van der Waals surface area contributed by atoms with Crippen LogP contribution in [0.15, 0.2) is 22.1 Å². The minimum Gasteiger partial charge on any atom is -0.384 e. The third-order valence-corrected chi connectivity index (χ3v) is 3.87. The molecular weight excluding hydrogens is 258 g/mol. The number of nitrogens with two attached hydrogens (primary N) is 1. The van der Waals surface area contributed by atoms with Crippen LogP contribution in [0, 0.1) is 26.2 Å². The lowest BCUT2D eigenvalue weighted by Crippen LogP contribution is -2.15. The summed E-state index contributed by atoms with van der Waals surface area (Å²) in [5.41, 5.74) is 9.05. The number of nitrogens with zero attached hydrogens (tertiary/aromatic N) is 3. The molecule has 100 valence electrons. The Balaban J connectivity index is 2.50. The summed E-state index contributed by atoms with van der Waals surface area (Å²) in [5.74, 6) is 0.0476. The molecule has 0 saturated heterocycles. The number of aryl methyl sites for hydroxylation is 4. The van der Waals surface area contributed by atoms with Gasteiger partial charge >= 0.3 is 0 Å². The van der Waals surface area contributed by atoms with Crippen LogP contribution < -0.4 is 5.73 Å². The molecule has 6 heteroatoms. The number of nitrogen functional groups attached to an aromatic ring is 1. The van der Waals surface area contributed by atoms with Gasteiger partial charge in [-0.15, -0.1) is 0 Å². The number of aromatic nitrogens is 3. The second-order valence-corrected chi connectivity index (χ2v) is 5.55. The molecule has 0 aliphatic rings. The fraction of sp³-hybridized carbons (Fsp3) is 0.308. The van der Waals surface area contributed by atoms with Crippen molar-refractivity contribution < 1.29 is 0 Å². The van der Waals surface area contributed by atoms with Crippen LogP contribution in [0.4, 0.5) is 0 Å². The van der Waals surface area contributed by atoms with Crippen molar-refractivity contribution in [3.8, 4) is 0 Å². The predicted octanol–water partition coefficient (Wildman–Crippen LogP) is 2.18. The Morgan fingerprint density at radius 2 is 1.95 bits per heavy atom. The summed E-state index contributed by atoms with van der Waals surface area (Å²) in [7, 11) is 1.91. The topological polar surface area (TPSA) is 80.6 Å². The lowest BCUT2D eigenvalue weighted by atomic mass is 10.1. The predicted molar refractivity (Wildman–Crippen MR) is 76.8 cm³/mol. The minimum absolute atomic E-state index is 0.0476. The molecule has 3 N–H and O–H groups in total. The van der Waals surface area contributed by atoms with Gasteiger partial charge in [-0.2, -0.15) is 5.10 Å². The van der Waals surface area contributed by atoms with E-state index in [0.717, 1.165) is 27.0 Å². The maximum absolute atomic E-state index is 7.71. The maximum Gasteiger partial charge on any atom is 0.125 e. The monoisotopic (exact) mass is 275 g/mol. The molecule has 0 saturated carbocycles. The highest BCUT2D eigenvalue weighted by Gasteiger charge is 2.14. The third-order valence-electron chi connectivity index (χ3n) is 2.74. The van der Waals surface area contributed by atoms with Crippen LogP contribution in [0.1, 0.15) is 22.6 Å². The van der Waals surface area contributed by atoms with E-state index in [1.54, 1.807) is 11.8 Å². The normalized spacial score (nSPS) is 10.7. The van der Waals surface area contributed by atoms with E-state index in [2.05, 4.69) is 10.1 Å².